The average Bonchev–Trinajstić information content (AvgIpc) is 3.35. The predicted molar refractivity (Wildman–Crippen MR) is 156 cm³/mol. The fourth-order valence-electron chi connectivity index (χ4n) is 7.31. The molecule has 0 saturated heterocycles. The minimum Gasteiger partial charge on any atom is -0.455 e. The second kappa shape index (κ2) is 8.31. The quantitative estimate of drug-likeness (QED) is 0.252. The van der Waals surface area contributed by atoms with Gasteiger partial charge in [-0.15, -0.1) is 0 Å². The Labute approximate surface area is 220 Å². The van der Waals surface area contributed by atoms with Crippen molar-refractivity contribution >= 4 is 21.9 Å². The number of hydrogen-bond acceptors (Lipinski definition) is 2. The molecule has 0 atom stereocenters. The van der Waals surface area contributed by atoms with Crippen LogP contribution in [0.3, 0.4) is 0 Å². The standard InChI is InChI=1S/C35H37NO/c1-19(2)28-18-36-31(15-23(28)8)33-22(7)13-14-25-27-16-26-24-11-9-10-12-29(24)35(20(3)4,21(5)6)30(26)17-32(27)37-34(25)33/h9-21H,1-8H3. The molecule has 0 radical (unpaired) electrons. The van der Waals surface area contributed by atoms with Crippen molar-refractivity contribution in [2.24, 2.45) is 11.8 Å². The van der Waals surface area contributed by atoms with Crippen LogP contribution in [-0.4, -0.2) is 4.98 Å². The van der Waals surface area contributed by atoms with E-state index >= 15 is 0 Å². The number of hydrogen-bond donors (Lipinski definition) is 0. The van der Waals surface area contributed by atoms with Crippen LogP contribution in [-0.2, 0) is 5.41 Å². The Balaban J connectivity index is 1.66. The zero-order valence-corrected chi connectivity index (χ0v) is 23.4. The zero-order valence-electron chi connectivity index (χ0n) is 23.4. The molecule has 5 aromatic rings. The molecule has 2 nitrogen and oxygen atoms in total. The number of rotatable bonds is 4. The van der Waals surface area contributed by atoms with E-state index in [4.69, 9.17) is 9.40 Å². The molecule has 0 N–H and O–H groups in total. The summed E-state index contributed by atoms with van der Waals surface area (Å²) in [6, 6.07) is 20.4. The molecule has 6 rings (SSSR count). The normalized spacial score (nSPS) is 14.4. The fourth-order valence-corrected chi connectivity index (χ4v) is 7.31. The minimum atomic E-state index is -0.0385. The van der Waals surface area contributed by atoms with Crippen LogP contribution in [0.1, 0.15) is 75.3 Å². The number of furan rings is 1. The van der Waals surface area contributed by atoms with Crippen LogP contribution >= 0.6 is 0 Å². The number of aromatic nitrogens is 1. The highest BCUT2D eigenvalue weighted by atomic mass is 16.3. The van der Waals surface area contributed by atoms with Crippen molar-refractivity contribution in [2.45, 2.75) is 66.7 Å². The molecule has 0 fully saturated rings. The van der Waals surface area contributed by atoms with Crippen LogP contribution in [0.25, 0.3) is 44.3 Å². The molecule has 0 spiro atoms. The van der Waals surface area contributed by atoms with Gasteiger partial charge in [0.15, 0.2) is 0 Å². The summed E-state index contributed by atoms with van der Waals surface area (Å²) >= 11 is 0. The highest BCUT2D eigenvalue weighted by Gasteiger charge is 2.48. The lowest BCUT2D eigenvalue weighted by atomic mass is 9.63. The first-order valence-corrected chi connectivity index (χ1v) is 13.7. The number of fused-ring (bicyclic) bond motifs is 6. The molecule has 3 aromatic carbocycles. The first kappa shape index (κ1) is 24.0. The highest BCUT2D eigenvalue weighted by Crippen LogP contribution is 2.57. The topological polar surface area (TPSA) is 26.0 Å². The Hall–Kier alpha value is -3.39. The Bertz CT molecular complexity index is 1670. The van der Waals surface area contributed by atoms with Crippen LogP contribution in [0.4, 0.5) is 0 Å². The van der Waals surface area contributed by atoms with Gasteiger partial charge in [0.1, 0.15) is 11.2 Å². The smallest absolute Gasteiger partial charge is 0.145 e. The van der Waals surface area contributed by atoms with E-state index in [0.717, 1.165) is 27.8 Å². The minimum absolute atomic E-state index is 0.0385. The molecule has 0 bridgehead atoms. The molecule has 37 heavy (non-hydrogen) atoms. The van der Waals surface area contributed by atoms with Gasteiger partial charge in [0.25, 0.3) is 0 Å². The van der Waals surface area contributed by atoms with Crippen molar-refractivity contribution < 1.29 is 4.42 Å². The van der Waals surface area contributed by atoms with Gasteiger partial charge in [0.05, 0.1) is 5.69 Å². The molecular weight excluding hydrogens is 450 g/mol. The molecule has 1 aliphatic carbocycles. The summed E-state index contributed by atoms with van der Waals surface area (Å²) in [5.74, 6) is 1.37. The third kappa shape index (κ3) is 3.21. The van der Waals surface area contributed by atoms with Gasteiger partial charge in [-0.05, 0) is 88.7 Å². The molecular formula is C35H37NO. The largest absolute Gasteiger partial charge is 0.455 e. The van der Waals surface area contributed by atoms with Crippen LogP contribution in [0.5, 0.6) is 0 Å². The van der Waals surface area contributed by atoms with Gasteiger partial charge >= 0.3 is 0 Å². The number of nitrogens with zero attached hydrogens (tertiary/aromatic N) is 1. The summed E-state index contributed by atoms with van der Waals surface area (Å²) in [6.45, 7) is 18.3. The molecule has 0 aliphatic heterocycles. The molecule has 1 aliphatic rings. The van der Waals surface area contributed by atoms with Crippen LogP contribution in [0.2, 0.25) is 0 Å². The van der Waals surface area contributed by atoms with Crippen LogP contribution in [0.15, 0.2) is 65.2 Å². The number of pyridine rings is 1. The Morgan fingerprint density at radius 3 is 2.14 bits per heavy atom. The summed E-state index contributed by atoms with van der Waals surface area (Å²) in [5, 5.41) is 2.35. The van der Waals surface area contributed by atoms with Gasteiger partial charge in [-0.25, -0.2) is 0 Å². The third-order valence-corrected chi connectivity index (χ3v) is 8.95. The lowest BCUT2D eigenvalue weighted by Gasteiger charge is -2.40. The molecule has 2 aromatic heterocycles. The molecule has 2 heterocycles. The average molecular weight is 488 g/mol. The van der Waals surface area contributed by atoms with Crippen molar-refractivity contribution in [3.63, 3.8) is 0 Å². The molecule has 2 heteroatoms. The summed E-state index contributed by atoms with van der Waals surface area (Å²) < 4.78 is 6.77. The Morgan fingerprint density at radius 1 is 0.730 bits per heavy atom. The Morgan fingerprint density at radius 2 is 1.46 bits per heavy atom. The molecule has 0 saturated carbocycles. The van der Waals surface area contributed by atoms with Crippen LogP contribution < -0.4 is 0 Å². The maximum atomic E-state index is 6.77. The summed E-state index contributed by atoms with van der Waals surface area (Å²) in [7, 11) is 0. The van der Waals surface area contributed by atoms with Crippen LogP contribution in [0, 0.1) is 25.7 Å². The van der Waals surface area contributed by atoms with Gasteiger partial charge in [-0.1, -0.05) is 77.9 Å². The third-order valence-electron chi connectivity index (χ3n) is 8.95. The summed E-state index contributed by atoms with van der Waals surface area (Å²) in [6.07, 6.45) is 2.04. The molecule has 188 valence electrons. The first-order valence-electron chi connectivity index (χ1n) is 13.7. The Kier molecular flexibility index (Phi) is 5.39. The molecule has 0 unspecified atom stereocenters. The van der Waals surface area contributed by atoms with E-state index in [-0.39, 0.29) is 5.41 Å². The lowest BCUT2D eigenvalue weighted by molar-refractivity contribution is 0.280. The number of benzene rings is 3. The monoisotopic (exact) mass is 487 g/mol. The predicted octanol–water partition coefficient (Wildman–Crippen LogP) is 9.97. The first-order chi connectivity index (χ1) is 17.7. The van der Waals surface area contributed by atoms with E-state index in [0.29, 0.717) is 17.8 Å². The van der Waals surface area contributed by atoms with Gasteiger partial charge in [-0.3, -0.25) is 4.98 Å². The van der Waals surface area contributed by atoms with Gasteiger partial charge < -0.3 is 4.42 Å². The SMILES string of the molecule is Cc1cc(-c2c(C)ccc3c2oc2cc4c(cc23)-c2ccccc2C4(C(C)C)C(C)C)ncc1C(C)C. The second-order valence-corrected chi connectivity index (χ2v) is 11.9. The van der Waals surface area contributed by atoms with E-state index in [9.17, 15) is 0 Å². The fraction of sp³-hybridized carbons (Fsp3) is 0.343. The summed E-state index contributed by atoms with van der Waals surface area (Å²) in [4.78, 5) is 4.91. The van der Waals surface area contributed by atoms with E-state index in [1.807, 2.05) is 6.20 Å². The maximum Gasteiger partial charge on any atom is 0.145 e. The highest BCUT2D eigenvalue weighted by molar-refractivity contribution is 6.12. The number of aryl methyl sites for hydroxylation is 2. The van der Waals surface area contributed by atoms with Gasteiger partial charge in [0, 0.05) is 27.9 Å². The van der Waals surface area contributed by atoms with Gasteiger partial charge in [0.2, 0.25) is 0 Å². The van der Waals surface area contributed by atoms with Crippen molar-refractivity contribution in [2.75, 3.05) is 0 Å². The molecule has 0 amide bonds. The lowest BCUT2D eigenvalue weighted by Crippen LogP contribution is -2.37. The van der Waals surface area contributed by atoms with E-state index in [1.165, 1.54) is 44.3 Å². The van der Waals surface area contributed by atoms with E-state index < -0.39 is 0 Å². The van der Waals surface area contributed by atoms with Crippen molar-refractivity contribution in [3.8, 4) is 22.4 Å². The second-order valence-electron chi connectivity index (χ2n) is 11.9. The van der Waals surface area contributed by atoms with E-state index in [1.54, 1.807) is 0 Å². The summed E-state index contributed by atoms with van der Waals surface area (Å²) in [5.41, 5.74) is 13.3. The maximum absolute atomic E-state index is 6.77. The van der Waals surface area contributed by atoms with Crippen molar-refractivity contribution in [1.29, 1.82) is 0 Å². The van der Waals surface area contributed by atoms with Crippen molar-refractivity contribution in [3.05, 3.63) is 88.6 Å². The van der Waals surface area contributed by atoms with E-state index in [2.05, 4.69) is 110 Å². The zero-order chi connectivity index (χ0) is 26.2. The van der Waals surface area contributed by atoms with Crippen molar-refractivity contribution in [1.82, 2.24) is 4.98 Å². The van der Waals surface area contributed by atoms with Gasteiger partial charge in [-0.2, -0.15) is 0 Å².